The summed E-state index contributed by atoms with van der Waals surface area (Å²) in [7, 11) is -2.12. The van der Waals surface area contributed by atoms with Crippen molar-refractivity contribution in [3.05, 3.63) is 29.8 Å². The van der Waals surface area contributed by atoms with Gasteiger partial charge in [-0.15, -0.1) is 12.4 Å². The molecule has 0 saturated heterocycles. The maximum atomic E-state index is 11.7. The average molecular weight is 322 g/mol. The fourth-order valence-corrected chi connectivity index (χ4v) is 2.38. The van der Waals surface area contributed by atoms with E-state index >= 15 is 0 Å². The number of benzene rings is 1. The van der Waals surface area contributed by atoms with E-state index < -0.39 is 10.0 Å². The molecule has 1 amide bonds. The van der Waals surface area contributed by atoms with Crippen LogP contribution in [0.15, 0.2) is 29.2 Å². The Hall–Kier alpha value is -1.15. The van der Waals surface area contributed by atoms with Gasteiger partial charge in [0.15, 0.2) is 0 Å². The predicted molar refractivity (Wildman–Crippen MR) is 80.2 cm³/mol. The van der Waals surface area contributed by atoms with Gasteiger partial charge < -0.3 is 11.1 Å². The molecule has 0 saturated carbocycles. The number of halogens is 1. The highest BCUT2D eigenvalue weighted by Crippen LogP contribution is 2.17. The highest BCUT2D eigenvalue weighted by atomic mass is 35.5. The lowest BCUT2D eigenvalue weighted by atomic mass is 10.1. The molecule has 1 aromatic rings. The van der Waals surface area contributed by atoms with E-state index in [2.05, 4.69) is 10.0 Å². The van der Waals surface area contributed by atoms with E-state index in [0.29, 0.717) is 0 Å². The molecule has 0 spiro atoms. The van der Waals surface area contributed by atoms with E-state index in [9.17, 15) is 13.2 Å². The Bertz CT molecular complexity index is 549. The summed E-state index contributed by atoms with van der Waals surface area (Å²) in [5.41, 5.74) is 6.02. The monoisotopic (exact) mass is 321 g/mol. The zero-order chi connectivity index (χ0) is 14.5. The Labute approximate surface area is 125 Å². The molecule has 6 nitrogen and oxygen atoms in total. The number of hydrogen-bond donors (Lipinski definition) is 3. The normalized spacial score (nSPS) is 12.3. The van der Waals surface area contributed by atoms with Crippen molar-refractivity contribution in [2.24, 2.45) is 5.73 Å². The fraction of sp³-hybridized carbons (Fsp3) is 0.417. The molecule has 0 aliphatic carbocycles. The second kappa shape index (κ2) is 8.21. The topological polar surface area (TPSA) is 101 Å². The highest BCUT2D eigenvalue weighted by molar-refractivity contribution is 7.89. The van der Waals surface area contributed by atoms with Crippen LogP contribution in [0, 0.1) is 0 Å². The van der Waals surface area contributed by atoms with Gasteiger partial charge in [0.2, 0.25) is 15.9 Å². The van der Waals surface area contributed by atoms with Crippen LogP contribution < -0.4 is 15.8 Å². The van der Waals surface area contributed by atoms with Gasteiger partial charge >= 0.3 is 0 Å². The lowest BCUT2D eigenvalue weighted by Crippen LogP contribution is -2.28. The molecule has 0 fully saturated rings. The molecule has 20 heavy (non-hydrogen) atoms. The molecule has 1 rings (SSSR count). The molecule has 0 aliphatic heterocycles. The SMILES string of the molecule is CNS(=O)(=O)c1cccc(C(C)NC(=O)CCN)c1.Cl. The number of hydrogen-bond acceptors (Lipinski definition) is 4. The molecule has 1 aromatic carbocycles. The van der Waals surface area contributed by atoms with Crippen molar-refractivity contribution in [2.45, 2.75) is 24.3 Å². The molecular weight excluding hydrogens is 302 g/mol. The highest BCUT2D eigenvalue weighted by Gasteiger charge is 2.14. The van der Waals surface area contributed by atoms with Crippen molar-refractivity contribution in [3.63, 3.8) is 0 Å². The number of nitrogens with two attached hydrogens (primary N) is 1. The Morgan fingerprint density at radius 2 is 2.05 bits per heavy atom. The van der Waals surface area contributed by atoms with Crippen LogP contribution in [0.5, 0.6) is 0 Å². The van der Waals surface area contributed by atoms with E-state index in [4.69, 9.17) is 5.73 Å². The number of carbonyl (C=O) groups is 1. The van der Waals surface area contributed by atoms with E-state index in [1.807, 2.05) is 0 Å². The summed E-state index contributed by atoms with van der Waals surface area (Å²) in [6, 6.07) is 6.18. The average Bonchev–Trinajstić information content (AvgIpc) is 2.39. The summed E-state index contributed by atoms with van der Waals surface area (Å²) in [5, 5.41) is 2.76. The number of rotatable bonds is 6. The van der Waals surface area contributed by atoms with Gasteiger partial charge in [-0.2, -0.15) is 0 Å². The van der Waals surface area contributed by atoms with Crippen molar-refractivity contribution in [1.82, 2.24) is 10.0 Å². The van der Waals surface area contributed by atoms with E-state index in [0.717, 1.165) is 5.56 Å². The van der Waals surface area contributed by atoms with Gasteiger partial charge in [0, 0.05) is 13.0 Å². The molecule has 0 bridgehead atoms. The minimum absolute atomic E-state index is 0. The molecular formula is C12H20ClN3O3S. The standard InChI is InChI=1S/C12H19N3O3S.ClH/c1-9(15-12(16)6-7-13)10-4-3-5-11(8-10)19(17,18)14-2;/h3-5,8-9,14H,6-7,13H2,1-2H3,(H,15,16);1H. The van der Waals surface area contributed by atoms with Crippen molar-refractivity contribution in [3.8, 4) is 0 Å². The number of sulfonamides is 1. The third kappa shape index (κ3) is 5.09. The van der Waals surface area contributed by atoms with Crippen LogP contribution in [0.4, 0.5) is 0 Å². The summed E-state index contributed by atoms with van der Waals surface area (Å²) in [5.74, 6) is -0.156. The van der Waals surface area contributed by atoms with Gasteiger partial charge in [-0.1, -0.05) is 12.1 Å². The van der Waals surface area contributed by atoms with E-state index in [-0.39, 0.29) is 42.2 Å². The summed E-state index contributed by atoms with van der Waals surface area (Å²) in [4.78, 5) is 11.6. The van der Waals surface area contributed by atoms with Gasteiger partial charge in [-0.3, -0.25) is 4.79 Å². The van der Waals surface area contributed by atoms with Crippen LogP contribution in [0.1, 0.15) is 24.9 Å². The zero-order valence-electron chi connectivity index (χ0n) is 11.4. The fourth-order valence-electron chi connectivity index (χ4n) is 1.60. The Morgan fingerprint density at radius 3 is 2.60 bits per heavy atom. The Balaban J connectivity index is 0.00000361. The summed E-state index contributed by atoms with van der Waals surface area (Å²) < 4.78 is 25.6. The molecule has 4 N–H and O–H groups in total. The van der Waals surface area contributed by atoms with E-state index in [1.165, 1.54) is 13.1 Å². The van der Waals surface area contributed by atoms with Crippen molar-refractivity contribution >= 4 is 28.3 Å². The Kier molecular flexibility index (Phi) is 7.74. The summed E-state index contributed by atoms with van der Waals surface area (Å²) in [6.07, 6.45) is 0.249. The molecule has 1 atom stereocenters. The second-order valence-electron chi connectivity index (χ2n) is 4.11. The molecule has 114 valence electrons. The largest absolute Gasteiger partial charge is 0.350 e. The van der Waals surface area contributed by atoms with Crippen LogP contribution in [0.25, 0.3) is 0 Å². The molecule has 0 radical (unpaired) electrons. The third-order valence-electron chi connectivity index (χ3n) is 2.69. The minimum Gasteiger partial charge on any atom is -0.350 e. The first-order valence-corrected chi connectivity index (χ1v) is 7.42. The quantitative estimate of drug-likeness (QED) is 0.712. The Morgan fingerprint density at radius 1 is 1.40 bits per heavy atom. The van der Waals surface area contributed by atoms with Crippen LogP contribution in [0.2, 0.25) is 0 Å². The van der Waals surface area contributed by atoms with Gasteiger partial charge in [-0.25, -0.2) is 13.1 Å². The minimum atomic E-state index is -3.48. The first-order chi connectivity index (χ1) is 8.90. The maximum Gasteiger partial charge on any atom is 0.240 e. The third-order valence-corrected chi connectivity index (χ3v) is 4.10. The first kappa shape index (κ1) is 18.9. The lowest BCUT2D eigenvalue weighted by Gasteiger charge is -2.15. The first-order valence-electron chi connectivity index (χ1n) is 5.93. The maximum absolute atomic E-state index is 11.7. The molecule has 0 heterocycles. The van der Waals surface area contributed by atoms with Crippen LogP contribution in [-0.2, 0) is 14.8 Å². The number of carbonyl (C=O) groups excluding carboxylic acids is 1. The molecule has 0 aromatic heterocycles. The summed E-state index contributed by atoms with van der Waals surface area (Å²) in [6.45, 7) is 2.08. The van der Waals surface area contributed by atoms with Crippen molar-refractivity contribution in [1.29, 1.82) is 0 Å². The van der Waals surface area contributed by atoms with E-state index in [1.54, 1.807) is 25.1 Å². The smallest absolute Gasteiger partial charge is 0.240 e. The van der Waals surface area contributed by atoms with Gasteiger partial charge in [0.25, 0.3) is 0 Å². The van der Waals surface area contributed by atoms with Crippen LogP contribution in [-0.4, -0.2) is 27.9 Å². The van der Waals surface area contributed by atoms with Crippen molar-refractivity contribution < 1.29 is 13.2 Å². The van der Waals surface area contributed by atoms with Crippen molar-refractivity contribution in [2.75, 3.05) is 13.6 Å². The number of amides is 1. The van der Waals surface area contributed by atoms with Gasteiger partial charge in [0.05, 0.1) is 10.9 Å². The van der Waals surface area contributed by atoms with Crippen LogP contribution in [0.3, 0.4) is 0 Å². The second-order valence-corrected chi connectivity index (χ2v) is 5.99. The zero-order valence-corrected chi connectivity index (χ0v) is 13.1. The molecule has 8 heteroatoms. The van der Waals surface area contributed by atoms with Gasteiger partial charge in [0.1, 0.15) is 0 Å². The predicted octanol–water partition coefficient (Wildman–Crippen LogP) is 0.542. The van der Waals surface area contributed by atoms with Gasteiger partial charge in [-0.05, 0) is 31.7 Å². The van der Waals surface area contributed by atoms with Crippen LogP contribution >= 0.6 is 12.4 Å². The molecule has 1 unspecified atom stereocenters. The lowest BCUT2D eigenvalue weighted by molar-refractivity contribution is -0.121. The molecule has 0 aliphatic rings. The number of nitrogens with one attached hydrogen (secondary N) is 2. The summed E-state index contributed by atoms with van der Waals surface area (Å²) >= 11 is 0.